The molecular formula is C12H17BrN2S. The molecule has 1 aliphatic heterocycles. The van der Waals surface area contributed by atoms with E-state index in [-0.39, 0.29) is 0 Å². The summed E-state index contributed by atoms with van der Waals surface area (Å²) >= 11 is 5.54. The Morgan fingerprint density at radius 2 is 2.25 bits per heavy atom. The molecule has 1 aromatic heterocycles. The van der Waals surface area contributed by atoms with Gasteiger partial charge in [0.2, 0.25) is 0 Å². The number of rotatable bonds is 1. The standard InChI is InChI=1S/C12H17BrN2S/c1-9-6-11(14-7-10(9)13)15-4-5-16-12(2,3)8-15/h6-7H,4-5,8H2,1-3H3. The van der Waals surface area contributed by atoms with Gasteiger partial charge >= 0.3 is 0 Å². The lowest BCUT2D eigenvalue weighted by molar-refractivity contribution is 0.642. The molecule has 1 aliphatic rings. The van der Waals surface area contributed by atoms with E-state index in [1.54, 1.807) is 0 Å². The van der Waals surface area contributed by atoms with Crippen molar-refractivity contribution in [1.82, 2.24) is 4.98 Å². The Hall–Kier alpha value is -0.220. The van der Waals surface area contributed by atoms with Crippen LogP contribution < -0.4 is 4.90 Å². The van der Waals surface area contributed by atoms with E-state index in [9.17, 15) is 0 Å². The monoisotopic (exact) mass is 300 g/mol. The number of aryl methyl sites for hydroxylation is 1. The molecule has 1 fully saturated rings. The molecule has 1 saturated heterocycles. The Labute approximate surface area is 110 Å². The molecule has 2 heterocycles. The van der Waals surface area contributed by atoms with Crippen LogP contribution in [0.1, 0.15) is 19.4 Å². The average Bonchev–Trinajstić information content (AvgIpc) is 2.20. The SMILES string of the molecule is Cc1cc(N2CCSC(C)(C)C2)ncc1Br. The van der Waals surface area contributed by atoms with Crippen LogP contribution in [0.4, 0.5) is 5.82 Å². The zero-order valence-electron chi connectivity index (χ0n) is 9.96. The molecule has 0 aromatic carbocycles. The third-order valence-electron chi connectivity index (χ3n) is 2.78. The smallest absolute Gasteiger partial charge is 0.128 e. The lowest BCUT2D eigenvalue weighted by atomic mass is 10.2. The van der Waals surface area contributed by atoms with E-state index in [0.717, 1.165) is 23.4 Å². The van der Waals surface area contributed by atoms with Gasteiger partial charge in [0.05, 0.1) is 0 Å². The first-order valence-electron chi connectivity index (χ1n) is 5.49. The highest BCUT2D eigenvalue weighted by molar-refractivity contribution is 9.10. The number of hydrogen-bond acceptors (Lipinski definition) is 3. The minimum Gasteiger partial charge on any atom is -0.354 e. The van der Waals surface area contributed by atoms with Gasteiger partial charge in [-0.05, 0) is 48.3 Å². The Morgan fingerprint density at radius 3 is 2.88 bits per heavy atom. The second-order valence-electron chi connectivity index (χ2n) is 4.82. The van der Waals surface area contributed by atoms with E-state index >= 15 is 0 Å². The van der Waals surface area contributed by atoms with Crippen molar-refractivity contribution in [2.24, 2.45) is 0 Å². The molecule has 16 heavy (non-hydrogen) atoms. The van der Waals surface area contributed by atoms with Gasteiger partial charge in [0.1, 0.15) is 5.82 Å². The van der Waals surface area contributed by atoms with Crippen molar-refractivity contribution in [3.05, 3.63) is 22.3 Å². The maximum atomic E-state index is 4.50. The third kappa shape index (κ3) is 2.72. The highest BCUT2D eigenvalue weighted by atomic mass is 79.9. The maximum absolute atomic E-state index is 4.50. The molecule has 1 aromatic rings. The summed E-state index contributed by atoms with van der Waals surface area (Å²) in [5.41, 5.74) is 1.25. The van der Waals surface area contributed by atoms with Crippen molar-refractivity contribution < 1.29 is 0 Å². The number of anilines is 1. The van der Waals surface area contributed by atoms with Crippen LogP contribution in [0.5, 0.6) is 0 Å². The normalized spacial score (nSPS) is 19.9. The lowest BCUT2D eigenvalue weighted by Crippen LogP contribution is -2.43. The van der Waals surface area contributed by atoms with Gasteiger partial charge in [0.15, 0.2) is 0 Å². The molecular weight excluding hydrogens is 284 g/mol. The largest absolute Gasteiger partial charge is 0.354 e. The quantitative estimate of drug-likeness (QED) is 0.790. The third-order valence-corrected chi connectivity index (χ3v) is 4.91. The first kappa shape index (κ1) is 12.2. The Morgan fingerprint density at radius 1 is 1.50 bits per heavy atom. The molecule has 2 rings (SSSR count). The van der Waals surface area contributed by atoms with Crippen LogP contribution in [0.3, 0.4) is 0 Å². The Kier molecular flexibility index (Phi) is 3.50. The van der Waals surface area contributed by atoms with Crippen molar-refractivity contribution in [2.75, 3.05) is 23.7 Å². The van der Waals surface area contributed by atoms with Gasteiger partial charge in [-0.25, -0.2) is 4.98 Å². The van der Waals surface area contributed by atoms with Crippen LogP contribution in [0, 0.1) is 6.92 Å². The van der Waals surface area contributed by atoms with E-state index in [2.05, 4.69) is 52.7 Å². The zero-order chi connectivity index (χ0) is 11.8. The average molecular weight is 301 g/mol. The minimum absolute atomic E-state index is 0.334. The molecule has 0 radical (unpaired) electrons. The van der Waals surface area contributed by atoms with Gasteiger partial charge in [-0.15, -0.1) is 0 Å². The van der Waals surface area contributed by atoms with Crippen LogP contribution in [-0.2, 0) is 0 Å². The molecule has 4 heteroatoms. The molecule has 0 aliphatic carbocycles. The number of pyridine rings is 1. The van der Waals surface area contributed by atoms with Crippen molar-refractivity contribution >= 4 is 33.5 Å². The first-order valence-corrected chi connectivity index (χ1v) is 7.27. The molecule has 0 atom stereocenters. The first-order chi connectivity index (χ1) is 7.48. The topological polar surface area (TPSA) is 16.1 Å². The van der Waals surface area contributed by atoms with Gasteiger partial charge in [-0.1, -0.05) is 0 Å². The van der Waals surface area contributed by atoms with Crippen LogP contribution in [-0.4, -0.2) is 28.6 Å². The maximum Gasteiger partial charge on any atom is 0.128 e. The van der Waals surface area contributed by atoms with E-state index in [1.165, 1.54) is 11.3 Å². The fraction of sp³-hybridized carbons (Fsp3) is 0.583. The number of halogens is 1. The van der Waals surface area contributed by atoms with E-state index in [1.807, 2.05) is 18.0 Å². The summed E-state index contributed by atoms with van der Waals surface area (Å²) in [5, 5.41) is 0. The van der Waals surface area contributed by atoms with Crippen molar-refractivity contribution in [2.45, 2.75) is 25.5 Å². The molecule has 0 bridgehead atoms. The van der Waals surface area contributed by atoms with Crippen LogP contribution >= 0.6 is 27.7 Å². The molecule has 0 unspecified atom stereocenters. The van der Waals surface area contributed by atoms with Crippen molar-refractivity contribution in [3.8, 4) is 0 Å². The zero-order valence-corrected chi connectivity index (χ0v) is 12.4. The second kappa shape index (κ2) is 4.57. The fourth-order valence-corrected chi connectivity index (χ4v) is 3.24. The van der Waals surface area contributed by atoms with Gasteiger partial charge < -0.3 is 4.90 Å². The van der Waals surface area contributed by atoms with E-state index in [0.29, 0.717) is 4.75 Å². The van der Waals surface area contributed by atoms with Crippen molar-refractivity contribution in [3.63, 3.8) is 0 Å². The number of hydrogen-bond donors (Lipinski definition) is 0. The molecule has 0 N–H and O–H groups in total. The summed E-state index contributed by atoms with van der Waals surface area (Å²) in [4.78, 5) is 6.88. The minimum atomic E-state index is 0.334. The summed E-state index contributed by atoms with van der Waals surface area (Å²) in [6.45, 7) is 8.89. The van der Waals surface area contributed by atoms with E-state index < -0.39 is 0 Å². The predicted molar refractivity (Wildman–Crippen MR) is 75.4 cm³/mol. The van der Waals surface area contributed by atoms with Crippen LogP contribution in [0.2, 0.25) is 0 Å². The predicted octanol–water partition coefficient (Wildman–Crippen LogP) is 3.48. The highest BCUT2D eigenvalue weighted by Crippen LogP contribution is 2.32. The number of nitrogens with zero attached hydrogens (tertiary/aromatic N) is 2. The Balaban J connectivity index is 2.20. The molecule has 0 saturated carbocycles. The molecule has 88 valence electrons. The van der Waals surface area contributed by atoms with Crippen LogP contribution in [0.15, 0.2) is 16.7 Å². The second-order valence-corrected chi connectivity index (χ2v) is 7.48. The molecule has 0 spiro atoms. The van der Waals surface area contributed by atoms with E-state index in [4.69, 9.17) is 0 Å². The lowest BCUT2D eigenvalue weighted by Gasteiger charge is -2.38. The molecule has 2 nitrogen and oxygen atoms in total. The molecule has 0 amide bonds. The van der Waals surface area contributed by atoms with Gasteiger partial charge in [-0.2, -0.15) is 11.8 Å². The van der Waals surface area contributed by atoms with Crippen LogP contribution in [0.25, 0.3) is 0 Å². The van der Waals surface area contributed by atoms with Crippen molar-refractivity contribution in [1.29, 1.82) is 0 Å². The number of aromatic nitrogens is 1. The summed E-state index contributed by atoms with van der Waals surface area (Å²) in [5.74, 6) is 2.29. The summed E-state index contributed by atoms with van der Waals surface area (Å²) in [6.07, 6.45) is 1.90. The highest BCUT2D eigenvalue weighted by Gasteiger charge is 2.27. The summed E-state index contributed by atoms with van der Waals surface area (Å²) < 4.78 is 1.42. The van der Waals surface area contributed by atoms with Gasteiger partial charge in [-0.3, -0.25) is 0 Å². The Bertz CT molecular complexity index is 393. The van der Waals surface area contributed by atoms with Gasteiger partial charge in [0.25, 0.3) is 0 Å². The summed E-state index contributed by atoms with van der Waals surface area (Å²) in [7, 11) is 0. The number of thioether (sulfide) groups is 1. The summed E-state index contributed by atoms with van der Waals surface area (Å²) in [6, 6.07) is 2.16. The van der Waals surface area contributed by atoms with Gasteiger partial charge in [0, 0.05) is 34.3 Å². The fourth-order valence-electron chi connectivity index (χ4n) is 1.91.